The van der Waals surface area contributed by atoms with Crippen LogP contribution in [0.1, 0.15) is 26.7 Å². The molecule has 1 fully saturated rings. The first-order valence-electron chi connectivity index (χ1n) is 6.83. The molecule has 0 saturated carbocycles. The molecule has 1 atom stereocenters. The summed E-state index contributed by atoms with van der Waals surface area (Å²) >= 11 is 0. The SMILES string of the molecule is CCOC(=O)C(C)NS(=O)(=O)N1CCC(C(=O)OC)CC1. The van der Waals surface area contributed by atoms with Crippen LogP contribution in [0.15, 0.2) is 0 Å². The van der Waals surface area contributed by atoms with Gasteiger partial charge in [0.15, 0.2) is 0 Å². The number of nitrogens with one attached hydrogen (secondary N) is 1. The second-order valence-electron chi connectivity index (χ2n) is 4.79. The van der Waals surface area contributed by atoms with Gasteiger partial charge in [-0.15, -0.1) is 0 Å². The van der Waals surface area contributed by atoms with E-state index in [2.05, 4.69) is 9.46 Å². The first-order valence-corrected chi connectivity index (χ1v) is 8.27. The van der Waals surface area contributed by atoms with E-state index >= 15 is 0 Å². The van der Waals surface area contributed by atoms with Crippen molar-refractivity contribution in [1.82, 2.24) is 9.03 Å². The van der Waals surface area contributed by atoms with E-state index in [0.29, 0.717) is 12.8 Å². The average Bonchev–Trinajstić information content (AvgIpc) is 2.46. The smallest absolute Gasteiger partial charge is 0.323 e. The molecule has 122 valence electrons. The lowest BCUT2D eigenvalue weighted by Gasteiger charge is -2.30. The maximum absolute atomic E-state index is 12.1. The molecule has 8 nitrogen and oxygen atoms in total. The van der Waals surface area contributed by atoms with Crippen LogP contribution in [0.25, 0.3) is 0 Å². The van der Waals surface area contributed by atoms with Crippen molar-refractivity contribution in [2.24, 2.45) is 5.92 Å². The van der Waals surface area contributed by atoms with Gasteiger partial charge in [0.25, 0.3) is 10.2 Å². The van der Waals surface area contributed by atoms with E-state index < -0.39 is 22.2 Å². The summed E-state index contributed by atoms with van der Waals surface area (Å²) < 4.78 is 37.2. The lowest BCUT2D eigenvalue weighted by atomic mass is 9.99. The van der Waals surface area contributed by atoms with E-state index in [4.69, 9.17) is 4.74 Å². The van der Waals surface area contributed by atoms with Gasteiger partial charge in [0, 0.05) is 13.1 Å². The van der Waals surface area contributed by atoms with Crippen LogP contribution in [0.5, 0.6) is 0 Å². The van der Waals surface area contributed by atoms with Gasteiger partial charge in [-0.05, 0) is 26.7 Å². The number of hydrogen-bond acceptors (Lipinski definition) is 6. The number of esters is 2. The molecular formula is C12H22N2O6S. The molecule has 1 rings (SSSR count). The minimum atomic E-state index is -3.77. The van der Waals surface area contributed by atoms with Crippen LogP contribution >= 0.6 is 0 Å². The van der Waals surface area contributed by atoms with Gasteiger partial charge < -0.3 is 9.47 Å². The van der Waals surface area contributed by atoms with Gasteiger partial charge in [0.1, 0.15) is 6.04 Å². The van der Waals surface area contributed by atoms with Crippen LogP contribution in [-0.2, 0) is 29.3 Å². The molecule has 0 amide bonds. The van der Waals surface area contributed by atoms with Crippen molar-refractivity contribution in [1.29, 1.82) is 0 Å². The molecule has 1 heterocycles. The molecule has 0 radical (unpaired) electrons. The van der Waals surface area contributed by atoms with Crippen LogP contribution in [-0.4, -0.2) is 57.5 Å². The Kier molecular flexibility index (Phi) is 6.56. The standard InChI is InChI=1S/C12H22N2O6S/c1-4-20-11(15)9(2)13-21(17,18)14-7-5-10(6-8-14)12(16)19-3/h9-10,13H,4-8H2,1-3H3. The number of carbonyl (C=O) groups excluding carboxylic acids is 2. The van der Waals surface area contributed by atoms with Crippen LogP contribution in [0.2, 0.25) is 0 Å². The molecule has 21 heavy (non-hydrogen) atoms. The van der Waals surface area contributed by atoms with Gasteiger partial charge in [-0.1, -0.05) is 0 Å². The lowest BCUT2D eigenvalue weighted by Crippen LogP contribution is -2.50. The molecule has 0 aromatic carbocycles. The quantitative estimate of drug-likeness (QED) is 0.671. The minimum absolute atomic E-state index is 0.190. The normalized spacial score (nSPS) is 19.0. The van der Waals surface area contributed by atoms with Crippen molar-refractivity contribution in [2.45, 2.75) is 32.7 Å². The predicted molar refractivity (Wildman–Crippen MR) is 74.5 cm³/mol. The van der Waals surface area contributed by atoms with Crippen molar-refractivity contribution in [2.75, 3.05) is 26.8 Å². The van der Waals surface area contributed by atoms with E-state index in [1.54, 1.807) is 6.92 Å². The Hall–Kier alpha value is -1.19. The molecule has 9 heteroatoms. The molecule has 1 N–H and O–H groups in total. The van der Waals surface area contributed by atoms with Crippen LogP contribution in [0.3, 0.4) is 0 Å². The fourth-order valence-electron chi connectivity index (χ4n) is 2.11. The number of carbonyl (C=O) groups is 2. The molecular weight excluding hydrogens is 300 g/mol. The van der Waals surface area contributed by atoms with E-state index in [-0.39, 0.29) is 31.6 Å². The molecule has 1 aliphatic heterocycles. The van der Waals surface area contributed by atoms with Crippen molar-refractivity contribution in [3.8, 4) is 0 Å². The molecule has 0 aliphatic carbocycles. The monoisotopic (exact) mass is 322 g/mol. The highest BCUT2D eigenvalue weighted by atomic mass is 32.2. The van der Waals surface area contributed by atoms with Gasteiger partial charge in [0.05, 0.1) is 19.6 Å². The molecule has 1 aliphatic rings. The Morgan fingerprint density at radius 2 is 1.90 bits per heavy atom. The zero-order chi connectivity index (χ0) is 16.0. The molecule has 1 saturated heterocycles. The van der Waals surface area contributed by atoms with Crippen LogP contribution in [0.4, 0.5) is 0 Å². The van der Waals surface area contributed by atoms with Crippen molar-refractivity contribution < 1.29 is 27.5 Å². The number of rotatable bonds is 6. The van der Waals surface area contributed by atoms with Gasteiger partial charge in [-0.3, -0.25) is 9.59 Å². The molecule has 0 aromatic heterocycles. The van der Waals surface area contributed by atoms with Gasteiger partial charge in [-0.25, -0.2) is 0 Å². The molecule has 0 spiro atoms. The van der Waals surface area contributed by atoms with E-state index in [0.717, 1.165) is 0 Å². The average molecular weight is 322 g/mol. The van der Waals surface area contributed by atoms with Gasteiger partial charge in [-0.2, -0.15) is 17.4 Å². The first-order chi connectivity index (χ1) is 9.81. The van der Waals surface area contributed by atoms with Crippen molar-refractivity contribution in [3.63, 3.8) is 0 Å². The number of piperidine rings is 1. The third kappa shape index (κ3) is 4.94. The van der Waals surface area contributed by atoms with Crippen molar-refractivity contribution in [3.05, 3.63) is 0 Å². The number of methoxy groups -OCH3 is 1. The Bertz CT molecular complexity index is 470. The van der Waals surface area contributed by atoms with Gasteiger partial charge in [0.2, 0.25) is 0 Å². The maximum atomic E-state index is 12.1. The zero-order valence-electron chi connectivity index (χ0n) is 12.5. The minimum Gasteiger partial charge on any atom is -0.469 e. The number of hydrogen-bond donors (Lipinski definition) is 1. The summed E-state index contributed by atoms with van der Waals surface area (Å²) in [6.45, 7) is 3.69. The van der Waals surface area contributed by atoms with Gasteiger partial charge >= 0.3 is 11.9 Å². The highest BCUT2D eigenvalue weighted by molar-refractivity contribution is 7.87. The zero-order valence-corrected chi connectivity index (χ0v) is 13.3. The van der Waals surface area contributed by atoms with E-state index in [1.165, 1.54) is 18.3 Å². The number of ether oxygens (including phenoxy) is 2. The molecule has 1 unspecified atom stereocenters. The number of nitrogens with zero attached hydrogens (tertiary/aromatic N) is 1. The Labute approximate surface area is 125 Å². The Morgan fingerprint density at radius 3 is 2.38 bits per heavy atom. The Morgan fingerprint density at radius 1 is 1.33 bits per heavy atom. The summed E-state index contributed by atoms with van der Waals surface area (Å²) in [5.41, 5.74) is 0. The highest BCUT2D eigenvalue weighted by Gasteiger charge is 2.33. The summed E-state index contributed by atoms with van der Waals surface area (Å²) in [4.78, 5) is 22.9. The summed E-state index contributed by atoms with van der Waals surface area (Å²) in [7, 11) is -2.46. The third-order valence-electron chi connectivity index (χ3n) is 3.29. The largest absolute Gasteiger partial charge is 0.469 e. The summed E-state index contributed by atoms with van der Waals surface area (Å²) in [6, 6.07) is -0.951. The fourth-order valence-corrected chi connectivity index (χ4v) is 3.50. The second kappa shape index (κ2) is 7.71. The fraction of sp³-hybridized carbons (Fsp3) is 0.833. The Balaban J connectivity index is 2.57. The first kappa shape index (κ1) is 17.9. The second-order valence-corrected chi connectivity index (χ2v) is 6.50. The van der Waals surface area contributed by atoms with E-state index in [9.17, 15) is 18.0 Å². The summed E-state index contributed by atoms with van der Waals surface area (Å²) in [6.07, 6.45) is 0.808. The summed E-state index contributed by atoms with van der Waals surface area (Å²) in [5, 5.41) is 0. The third-order valence-corrected chi connectivity index (χ3v) is 4.99. The lowest BCUT2D eigenvalue weighted by molar-refractivity contribution is -0.146. The molecule has 0 aromatic rings. The summed E-state index contributed by atoms with van der Waals surface area (Å²) in [5.74, 6) is -1.21. The molecule has 0 bridgehead atoms. The van der Waals surface area contributed by atoms with Crippen molar-refractivity contribution >= 4 is 22.1 Å². The van der Waals surface area contributed by atoms with E-state index in [1.807, 2.05) is 0 Å². The predicted octanol–water partition coefficient (Wildman–Crippen LogP) is -0.343. The maximum Gasteiger partial charge on any atom is 0.323 e. The van der Waals surface area contributed by atoms with Crippen LogP contribution < -0.4 is 4.72 Å². The topological polar surface area (TPSA) is 102 Å². The van der Waals surface area contributed by atoms with Crippen LogP contribution in [0, 0.1) is 5.92 Å². The highest BCUT2D eigenvalue weighted by Crippen LogP contribution is 2.20.